The fourth-order valence-electron chi connectivity index (χ4n) is 1.59. The number of nitrogens with one attached hydrogen (secondary N) is 1. The van der Waals surface area contributed by atoms with Gasteiger partial charge in [-0.1, -0.05) is 0 Å². The molecule has 1 rings (SSSR count). The van der Waals surface area contributed by atoms with Crippen molar-refractivity contribution in [1.82, 2.24) is 5.32 Å². The molecular weight excluding hydrogens is 190 g/mol. The van der Waals surface area contributed by atoms with Gasteiger partial charge in [0.2, 0.25) is 0 Å². The summed E-state index contributed by atoms with van der Waals surface area (Å²) in [4.78, 5) is 10.8. The zero-order chi connectivity index (χ0) is 8.81. The number of hydrogen-bond acceptors (Lipinski definition) is 3. The topological polar surface area (TPSA) is 38.3 Å². The molecule has 0 unspecified atom stereocenters. The Morgan fingerprint density at radius 2 is 2.38 bits per heavy atom. The van der Waals surface area contributed by atoms with Crippen molar-refractivity contribution < 1.29 is 9.53 Å². The number of piperidine rings is 1. The summed E-state index contributed by atoms with van der Waals surface area (Å²) < 4.78 is 4.58. The number of rotatable bonds is 3. The van der Waals surface area contributed by atoms with Gasteiger partial charge in [0, 0.05) is 6.42 Å². The Bertz CT molecular complexity index is 147. The minimum atomic E-state index is -0.0828. The number of methoxy groups -OCH3 is 1. The molecule has 0 radical (unpaired) electrons. The molecule has 1 atom stereocenters. The zero-order valence-corrected chi connectivity index (χ0v) is 8.86. The highest BCUT2D eigenvalue weighted by Crippen LogP contribution is 2.15. The van der Waals surface area contributed by atoms with Crippen LogP contribution in [-0.4, -0.2) is 26.2 Å². The first kappa shape index (κ1) is 12.7. The summed E-state index contributed by atoms with van der Waals surface area (Å²) in [5.41, 5.74) is 0. The van der Waals surface area contributed by atoms with E-state index in [1.165, 1.54) is 20.0 Å². The summed E-state index contributed by atoms with van der Waals surface area (Å²) in [6.07, 6.45) is 4.04. The molecule has 13 heavy (non-hydrogen) atoms. The summed E-state index contributed by atoms with van der Waals surface area (Å²) in [5, 5.41) is 3.32. The predicted molar refractivity (Wildman–Crippen MR) is 54.1 cm³/mol. The molecule has 1 saturated heterocycles. The van der Waals surface area contributed by atoms with Crippen molar-refractivity contribution in [3.05, 3.63) is 0 Å². The van der Waals surface area contributed by atoms with Crippen LogP contribution in [0.4, 0.5) is 0 Å². The Morgan fingerprint density at radius 1 is 1.62 bits per heavy atom. The highest BCUT2D eigenvalue weighted by Gasteiger charge is 2.14. The van der Waals surface area contributed by atoms with E-state index in [2.05, 4.69) is 10.1 Å². The highest BCUT2D eigenvalue weighted by molar-refractivity contribution is 5.85. The van der Waals surface area contributed by atoms with Gasteiger partial charge in [0.15, 0.2) is 0 Å². The van der Waals surface area contributed by atoms with Crippen LogP contribution >= 0.6 is 12.4 Å². The van der Waals surface area contributed by atoms with E-state index >= 15 is 0 Å². The summed E-state index contributed by atoms with van der Waals surface area (Å²) in [7, 11) is 1.45. The number of carbonyl (C=O) groups is 1. The monoisotopic (exact) mass is 207 g/mol. The van der Waals surface area contributed by atoms with Crippen molar-refractivity contribution in [3.63, 3.8) is 0 Å². The predicted octanol–water partition coefficient (Wildman–Crippen LogP) is 1.36. The quantitative estimate of drug-likeness (QED) is 0.711. The maximum Gasteiger partial charge on any atom is 0.305 e. The lowest BCUT2D eigenvalue weighted by atomic mass is 9.95. The van der Waals surface area contributed by atoms with E-state index in [1.54, 1.807) is 0 Å². The molecule has 1 aliphatic heterocycles. The van der Waals surface area contributed by atoms with E-state index in [-0.39, 0.29) is 18.4 Å². The molecule has 0 spiro atoms. The Hall–Kier alpha value is -0.280. The third-order valence-corrected chi connectivity index (χ3v) is 2.38. The van der Waals surface area contributed by atoms with Crippen LogP contribution in [0.2, 0.25) is 0 Å². The highest BCUT2D eigenvalue weighted by atomic mass is 35.5. The van der Waals surface area contributed by atoms with Crippen LogP contribution in [0, 0.1) is 5.92 Å². The van der Waals surface area contributed by atoms with Crippen LogP contribution in [0.5, 0.6) is 0 Å². The number of halogens is 1. The van der Waals surface area contributed by atoms with Gasteiger partial charge in [-0.3, -0.25) is 4.79 Å². The Labute approximate surface area is 85.6 Å². The molecule has 0 aromatic carbocycles. The van der Waals surface area contributed by atoms with E-state index in [0.717, 1.165) is 19.5 Å². The van der Waals surface area contributed by atoms with Gasteiger partial charge in [0.05, 0.1) is 7.11 Å². The van der Waals surface area contributed by atoms with Gasteiger partial charge in [-0.15, -0.1) is 12.4 Å². The molecule has 0 aromatic rings. The molecule has 1 aliphatic rings. The molecule has 0 aromatic heterocycles. The average Bonchev–Trinajstić information content (AvgIpc) is 2.16. The van der Waals surface area contributed by atoms with Gasteiger partial charge in [0.1, 0.15) is 0 Å². The van der Waals surface area contributed by atoms with Crippen LogP contribution in [-0.2, 0) is 9.53 Å². The molecule has 1 N–H and O–H groups in total. The number of hydrogen-bond donors (Lipinski definition) is 1. The molecule has 0 amide bonds. The number of esters is 1. The summed E-state index contributed by atoms with van der Waals surface area (Å²) in [6.45, 7) is 2.20. The number of carbonyl (C=O) groups excluding carboxylic acids is 1. The van der Waals surface area contributed by atoms with Gasteiger partial charge < -0.3 is 10.1 Å². The minimum absolute atomic E-state index is 0. The lowest BCUT2D eigenvalue weighted by molar-refractivity contribution is -0.140. The first-order valence-corrected chi connectivity index (χ1v) is 4.60. The normalized spacial score (nSPS) is 21.8. The lowest BCUT2D eigenvalue weighted by Gasteiger charge is -2.21. The fraction of sp³-hybridized carbons (Fsp3) is 0.889. The summed E-state index contributed by atoms with van der Waals surface area (Å²) in [5.74, 6) is 0.596. The van der Waals surface area contributed by atoms with Gasteiger partial charge in [-0.25, -0.2) is 0 Å². The van der Waals surface area contributed by atoms with Crippen LogP contribution < -0.4 is 5.32 Å². The second kappa shape index (κ2) is 7.15. The van der Waals surface area contributed by atoms with Crippen LogP contribution in [0.3, 0.4) is 0 Å². The van der Waals surface area contributed by atoms with Crippen molar-refractivity contribution in [2.45, 2.75) is 25.7 Å². The molecule has 0 saturated carbocycles. The van der Waals surface area contributed by atoms with Crippen molar-refractivity contribution in [3.8, 4) is 0 Å². The van der Waals surface area contributed by atoms with Crippen molar-refractivity contribution in [1.29, 1.82) is 0 Å². The van der Waals surface area contributed by atoms with Gasteiger partial charge in [0.25, 0.3) is 0 Å². The van der Waals surface area contributed by atoms with Crippen LogP contribution in [0.1, 0.15) is 25.7 Å². The lowest BCUT2D eigenvalue weighted by Crippen LogP contribution is -2.30. The first-order chi connectivity index (χ1) is 5.83. The largest absolute Gasteiger partial charge is 0.469 e. The second-order valence-corrected chi connectivity index (χ2v) is 3.33. The van der Waals surface area contributed by atoms with Gasteiger partial charge in [-0.05, 0) is 38.3 Å². The molecule has 0 bridgehead atoms. The summed E-state index contributed by atoms with van der Waals surface area (Å²) in [6, 6.07) is 0. The average molecular weight is 208 g/mol. The molecule has 1 fully saturated rings. The fourth-order valence-corrected chi connectivity index (χ4v) is 1.59. The molecule has 0 aliphatic carbocycles. The van der Waals surface area contributed by atoms with E-state index in [1.807, 2.05) is 0 Å². The maximum atomic E-state index is 10.8. The second-order valence-electron chi connectivity index (χ2n) is 3.33. The van der Waals surface area contributed by atoms with E-state index in [0.29, 0.717) is 12.3 Å². The van der Waals surface area contributed by atoms with Crippen LogP contribution in [0.15, 0.2) is 0 Å². The van der Waals surface area contributed by atoms with Crippen molar-refractivity contribution in [2.75, 3.05) is 20.2 Å². The minimum Gasteiger partial charge on any atom is -0.469 e. The van der Waals surface area contributed by atoms with E-state index in [4.69, 9.17) is 0 Å². The molecule has 4 heteroatoms. The Morgan fingerprint density at radius 3 is 2.92 bits per heavy atom. The maximum absolute atomic E-state index is 10.8. The molecule has 78 valence electrons. The third kappa shape index (κ3) is 5.11. The molecule has 3 nitrogen and oxygen atoms in total. The summed E-state index contributed by atoms with van der Waals surface area (Å²) >= 11 is 0. The Kier molecular flexibility index (Phi) is 7.00. The van der Waals surface area contributed by atoms with Gasteiger partial charge in [-0.2, -0.15) is 0 Å². The smallest absolute Gasteiger partial charge is 0.305 e. The number of ether oxygens (including phenoxy) is 1. The molecular formula is C9H18ClNO2. The third-order valence-electron chi connectivity index (χ3n) is 2.38. The van der Waals surface area contributed by atoms with Gasteiger partial charge >= 0.3 is 5.97 Å². The van der Waals surface area contributed by atoms with Crippen molar-refractivity contribution in [2.24, 2.45) is 5.92 Å². The standard InChI is InChI=1S/C9H17NO2.ClH/c1-12-9(11)5-4-8-3-2-6-10-7-8;/h8,10H,2-7H2,1H3;1H/t8-;/m0./s1. The Balaban J connectivity index is 0.00000144. The van der Waals surface area contributed by atoms with Crippen molar-refractivity contribution >= 4 is 18.4 Å². The first-order valence-electron chi connectivity index (χ1n) is 4.60. The van der Waals surface area contributed by atoms with E-state index < -0.39 is 0 Å². The van der Waals surface area contributed by atoms with Crippen LogP contribution in [0.25, 0.3) is 0 Å². The SMILES string of the molecule is COC(=O)CC[C@@H]1CCCNC1.Cl. The zero-order valence-electron chi connectivity index (χ0n) is 8.04. The van der Waals surface area contributed by atoms with E-state index in [9.17, 15) is 4.79 Å². The molecule has 1 heterocycles.